The van der Waals surface area contributed by atoms with E-state index in [1.54, 1.807) is 17.0 Å². The number of aliphatic hydroxyl groups excluding tert-OH is 2. The Morgan fingerprint density at radius 1 is 1.08 bits per heavy atom. The molecule has 0 radical (unpaired) electrons. The Bertz CT molecular complexity index is 590. The lowest BCUT2D eigenvalue weighted by Crippen LogP contribution is -2.40. The van der Waals surface area contributed by atoms with Gasteiger partial charge in [0.15, 0.2) is 0 Å². The summed E-state index contributed by atoms with van der Waals surface area (Å²) >= 11 is 0. The fourth-order valence-corrected chi connectivity index (χ4v) is 4.01. The van der Waals surface area contributed by atoms with Crippen LogP contribution in [0, 0.1) is 23.6 Å². The minimum atomic E-state index is -0.498. The lowest BCUT2D eigenvalue weighted by atomic mass is 9.93. The van der Waals surface area contributed by atoms with Crippen molar-refractivity contribution in [1.82, 2.24) is 9.80 Å². The number of hydrogen-bond donors (Lipinski definition) is 2. The number of hydrogen-bond acceptors (Lipinski definition) is 4. The van der Waals surface area contributed by atoms with Crippen molar-refractivity contribution < 1.29 is 19.4 Å². The Hall–Kier alpha value is -1.50. The van der Waals surface area contributed by atoms with Gasteiger partial charge < -0.3 is 20.0 Å². The molecule has 0 unspecified atom stereocenters. The average molecular weight is 350 g/mol. The first-order valence-corrected chi connectivity index (χ1v) is 9.10. The van der Waals surface area contributed by atoms with Gasteiger partial charge in [0, 0.05) is 38.8 Å². The molecule has 1 aromatic carbocycles. The van der Waals surface area contributed by atoms with E-state index in [1.807, 2.05) is 0 Å². The molecule has 0 spiro atoms. The van der Waals surface area contributed by atoms with E-state index in [2.05, 4.69) is 4.90 Å². The molecule has 0 aliphatic carbocycles. The maximum Gasteiger partial charge on any atom is 0.256 e. The number of rotatable bonds is 5. The zero-order chi connectivity index (χ0) is 17.8. The number of benzene rings is 1. The zero-order valence-electron chi connectivity index (χ0n) is 14.5. The highest BCUT2D eigenvalue weighted by Gasteiger charge is 2.37. The van der Waals surface area contributed by atoms with Crippen LogP contribution in [0.3, 0.4) is 0 Å². The van der Waals surface area contributed by atoms with Crippen LogP contribution in [0.25, 0.3) is 0 Å². The third-order valence-electron chi connectivity index (χ3n) is 5.66. The number of halogens is 1. The summed E-state index contributed by atoms with van der Waals surface area (Å²) in [7, 11) is 0. The second-order valence-corrected chi connectivity index (χ2v) is 7.32. The molecule has 25 heavy (non-hydrogen) atoms. The van der Waals surface area contributed by atoms with Crippen LogP contribution < -0.4 is 0 Å². The van der Waals surface area contributed by atoms with Crippen LogP contribution in [-0.4, -0.2) is 71.9 Å². The van der Waals surface area contributed by atoms with Crippen molar-refractivity contribution in [2.45, 2.75) is 12.8 Å². The third kappa shape index (κ3) is 4.19. The van der Waals surface area contributed by atoms with Gasteiger partial charge in [-0.25, -0.2) is 4.39 Å². The van der Waals surface area contributed by atoms with Crippen molar-refractivity contribution in [2.24, 2.45) is 17.8 Å². The van der Waals surface area contributed by atoms with Gasteiger partial charge in [0.2, 0.25) is 0 Å². The maximum atomic E-state index is 13.9. The minimum Gasteiger partial charge on any atom is -0.396 e. The molecule has 2 N–H and O–H groups in total. The highest BCUT2D eigenvalue weighted by molar-refractivity contribution is 5.94. The summed E-state index contributed by atoms with van der Waals surface area (Å²) in [5.41, 5.74) is 0.101. The smallest absolute Gasteiger partial charge is 0.256 e. The summed E-state index contributed by atoms with van der Waals surface area (Å²) in [5.74, 6) is -0.161. The zero-order valence-corrected chi connectivity index (χ0v) is 14.5. The van der Waals surface area contributed by atoms with E-state index < -0.39 is 5.82 Å². The standard InChI is InChI=1S/C19H27FN2O3/c20-18-4-2-1-3-17(18)19(25)22-10-15(16(11-22)13-24)9-21-7-5-14(12-23)6-8-21/h1-4,14-16,23-24H,5-13H2/t15-,16-/m1/s1. The predicted molar refractivity (Wildman–Crippen MR) is 92.6 cm³/mol. The number of amides is 1. The van der Waals surface area contributed by atoms with E-state index >= 15 is 0 Å². The maximum absolute atomic E-state index is 13.9. The van der Waals surface area contributed by atoms with Crippen molar-refractivity contribution in [3.8, 4) is 0 Å². The van der Waals surface area contributed by atoms with Gasteiger partial charge in [0.1, 0.15) is 5.82 Å². The Balaban J connectivity index is 1.61. The molecule has 2 saturated heterocycles. The van der Waals surface area contributed by atoms with Crippen LogP contribution in [0.2, 0.25) is 0 Å². The molecule has 2 aliphatic rings. The van der Waals surface area contributed by atoms with Crippen LogP contribution in [0.1, 0.15) is 23.2 Å². The number of nitrogens with zero attached hydrogens (tertiary/aromatic N) is 2. The summed E-state index contributed by atoms with van der Waals surface area (Å²) in [4.78, 5) is 16.6. The SMILES string of the molecule is O=C(c1ccccc1F)N1C[C@@H](CN2CCC(CO)CC2)[C@@H](CO)C1. The van der Waals surface area contributed by atoms with Crippen molar-refractivity contribution in [2.75, 3.05) is 45.9 Å². The van der Waals surface area contributed by atoms with E-state index in [0.29, 0.717) is 19.0 Å². The fraction of sp³-hybridized carbons (Fsp3) is 0.632. The molecule has 5 nitrogen and oxygen atoms in total. The Morgan fingerprint density at radius 2 is 1.76 bits per heavy atom. The molecule has 0 saturated carbocycles. The largest absolute Gasteiger partial charge is 0.396 e. The Labute approximate surface area is 148 Å². The fourth-order valence-electron chi connectivity index (χ4n) is 4.01. The van der Waals surface area contributed by atoms with Gasteiger partial charge >= 0.3 is 0 Å². The van der Waals surface area contributed by atoms with E-state index in [4.69, 9.17) is 0 Å². The summed E-state index contributed by atoms with van der Waals surface area (Å²) in [6.45, 7) is 4.05. The molecule has 0 bridgehead atoms. The van der Waals surface area contributed by atoms with Crippen LogP contribution in [0.5, 0.6) is 0 Å². The molecule has 2 atom stereocenters. The van der Waals surface area contributed by atoms with Gasteiger partial charge in [-0.1, -0.05) is 12.1 Å². The molecule has 2 heterocycles. The molecule has 1 amide bonds. The van der Waals surface area contributed by atoms with Crippen molar-refractivity contribution in [3.63, 3.8) is 0 Å². The van der Waals surface area contributed by atoms with Crippen LogP contribution in [0.15, 0.2) is 24.3 Å². The summed E-state index contributed by atoms with van der Waals surface area (Å²) in [6.07, 6.45) is 1.98. The summed E-state index contributed by atoms with van der Waals surface area (Å²) < 4.78 is 13.9. The number of piperidine rings is 1. The van der Waals surface area contributed by atoms with Crippen LogP contribution in [0.4, 0.5) is 4.39 Å². The Kier molecular flexibility index (Phi) is 6.04. The lowest BCUT2D eigenvalue weighted by molar-refractivity contribution is 0.0771. The van der Waals surface area contributed by atoms with E-state index in [-0.39, 0.29) is 36.5 Å². The second-order valence-electron chi connectivity index (χ2n) is 7.32. The molecular weight excluding hydrogens is 323 g/mol. The summed E-state index contributed by atoms with van der Waals surface area (Å²) in [5, 5.41) is 18.9. The van der Waals surface area contributed by atoms with E-state index in [9.17, 15) is 19.4 Å². The second kappa shape index (κ2) is 8.25. The quantitative estimate of drug-likeness (QED) is 0.838. The van der Waals surface area contributed by atoms with E-state index in [0.717, 1.165) is 32.5 Å². The van der Waals surface area contributed by atoms with Gasteiger partial charge in [0.05, 0.1) is 5.56 Å². The predicted octanol–water partition coefficient (Wildman–Crippen LogP) is 1.21. The lowest BCUT2D eigenvalue weighted by Gasteiger charge is -2.33. The highest BCUT2D eigenvalue weighted by Crippen LogP contribution is 2.27. The molecule has 2 fully saturated rings. The molecular formula is C19H27FN2O3. The monoisotopic (exact) mass is 350 g/mol. The van der Waals surface area contributed by atoms with E-state index in [1.165, 1.54) is 12.1 Å². The molecule has 138 valence electrons. The number of likely N-dealkylation sites (tertiary alicyclic amines) is 2. The highest BCUT2D eigenvalue weighted by atomic mass is 19.1. The number of carbonyl (C=O) groups is 1. The average Bonchev–Trinajstić information content (AvgIpc) is 3.05. The van der Waals surface area contributed by atoms with Crippen molar-refractivity contribution >= 4 is 5.91 Å². The normalized spacial score (nSPS) is 25.5. The van der Waals surface area contributed by atoms with Gasteiger partial charge in [-0.3, -0.25) is 4.79 Å². The molecule has 0 aromatic heterocycles. The molecule has 6 heteroatoms. The number of aliphatic hydroxyl groups is 2. The van der Waals surface area contributed by atoms with Gasteiger partial charge in [-0.05, 0) is 49.9 Å². The first kappa shape index (κ1) is 18.3. The minimum absolute atomic E-state index is 0.0336. The van der Waals surface area contributed by atoms with Crippen molar-refractivity contribution in [3.05, 3.63) is 35.6 Å². The van der Waals surface area contributed by atoms with Gasteiger partial charge in [-0.2, -0.15) is 0 Å². The topological polar surface area (TPSA) is 64.0 Å². The molecule has 1 aromatic rings. The molecule has 2 aliphatic heterocycles. The van der Waals surface area contributed by atoms with Crippen LogP contribution in [-0.2, 0) is 0 Å². The Morgan fingerprint density at radius 3 is 2.40 bits per heavy atom. The third-order valence-corrected chi connectivity index (χ3v) is 5.66. The van der Waals surface area contributed by atoms with Crippen LogP contribution >= 0.6 is 0 Å². The molecule has 3 rings (SSSR count). The first-order valence-electron chi connectivity index (χ1n) is 9.10. The van der Waals surface area contributed by atoms with Crippen molar-refractivity contribution in [1.29, 1.82) is 0 Å². The van der Waals surface area contributed by atoms with Gasteiger partial charge in [-0.15, -0.1) is 0 Å². The van der Waals surface area contributed by atoms with Gasteiger partial charge in [0.25, 0.3) is 5.91 Å². The summed E-state index contributed by atoms with van der Waals surface area (Å²) in [6, 6.07) is 6.05. The number of carbonyl (C=O) groups excluding carboxylic acids is 1. The first-order chi connectivity index (χ1) is 12.1.